The maximum absolute atomic E-state index is 11.3. The smallest absolute Gasteiger partial charge is 0.358 e. The first kappa shape index (κ1) is 12.5. The van der Waals surface area contributed by atoms with Crippen LogP contribution in [0.15, 0.2) is 36.7 Å². The van der Waals surface area contributed by atoms with Crippen molar-refractivity contribution >= 4 is 5.97 Å². The largest absolute Gasteiger partial charge is 0.464 e. The summed E-state index contributed by atoms with van der Waals surface area (Å²) in [6.45, 7) is 0. The van der Waals surface area contributed by atoms with Crippen LogP contribution in [0.25, 0.3) is 0 Å². The summed E-state index contributed by atoms with van der Waals surface area (Å²) >= 11 is 0. The van der Waals surface area contributed by atoms with Gasteiger partial charge in [-0.3, -0.25) is 4.98 Å². The molecule has 94 valence electrons. The van der Waals surface area contributed by atoms with Gasteiger partial charge in [-0.15, -0.1) is 0 Å². The Morgan fingerprint density at radius 2 is 2.11 bits per heavy atom. The lowest BCUT2D eigenvalue weighted by molar-refractivity contribution is 0.0592. The standard InChI is InChI=1S/C13H9N3O3/c1-18-13(17)10-7-15-8-12(16-10)19-11-5-3-2-4-9(11)6-14/h2-5,7-8H,1H3. The van der Waals surface area contributed by atoms with Gasteiger partial charge in [0.15, 0.2) is 5.69 Å². The number of esters is 1. The normalized spacial score (nSPS) is 9.47. The number of carbonyl (C=O) groups is 1. The molecule has 0 saturated carbocycles. The Morgan fingerprint density at radius 1 is 1.32 bits per heavy atom. The monoisotopic (exact) mass is 255 g/mol. The van der Waals surface area contributed by atoms with Crippen LogP contribution in [0.1, 0.15) is 16.1 Å². The summed E-state index contributed by atoms with van der Waals surface area (Å²) in [6.07, 6.45) is 2.62. The van der Waals surface area contributed by atoms with Crippen LogP contribution in [-0.2, 0) is 4.74 Å². The SMILES string of the molecule is COC(=O)c1cncc(Oc2ccccc2C#N)n1. The van der Waals surface area contributed by atoms with Gasteiger partial charge in [0.2, 0.25) is 5.88 Å². The van der Waals surface area contributed by atoms with E-state index in [4.69, 9.17) is 10.00 Å². The molecule has 6 heteroatoms. The predicted molar refractivity (Wildman–Crippen MR) is 64.6 cm³/mol. The Hall–Kier alpha value is -2.94. The van der Waals surface area contributed by atoms with Gasteiger partial charge in [0.05, 0.1) is 25.1 Å². The highest BCUT2D eigenvalue weighted by Crippen LogP contribution is 2.22. The van der Waals surface area contributed by atoms with E-state index in [1.165, 1.54) is 19.5 Å². The van der Waals surface area contributed by atoms with Crippen molar-refractivity contribution in [2.45, 2.75) is 0 Å². The van der Waals surface area contributed by atoms with Gasteiger partial charge in [-0.1, -0.05) is 12.1 Å². The molecule has 1 heterocycles. The number of benzene rings is 1. The third-order valence-corrected chi connectivity index (χ3v) is 2.23. The number of aromatic nitrogens is 2. The second-order valence-corrected chi connectivity index (χ2v) is 3.44. The Morgan fingerprint density at radius 3 is 2.84 bits per heavy atom. The quantitative estimate of drug-likeness (QED) is 0.779. The molecule has 2 aromatic rings. The minimum absolute atomic E-state index is 0.0365. The number of hydrogen-bond donors (Lipinski definition) is 0. The Bertz CT molecular complexity index is 650. The summed E-state index contributed by atoms with van der Waals surface area (Å²) in [7, 11) is 1.25. The lowest BCUT2D eigenvalue weighted by atomic mass is 10.2. The fraction of sp³-hybridized carbons (Fsp3) is 0.0769. The van der Waals surface area contributed by atoms with Crippen LogP contribution in [0.5, 0.6) is 11.6 Å². The van der Waals surface area contributed by atoms with E-state index < -0.39 is 5.97 Å². The molecule has 19 heavy (non-hydrogen) atoms. The number of hydrogen-bond acceptors (Lipinski definition) is 6. The molecular weight excluding hydrogens is 246 g/mol. The highest BCUT2D eigenvalue weighted by Gasteiger charge is 2.10. The van der Waals surface area contributed by atoms with Crippen LogP contribution in [-0.4, -0.2) is 23.0 Å². The van der Waals surface area contributed by atoms with Crippen molar-refractivity contribution in [1.29, 1.82) is 5.26 Å². The minimum Gasteiger partial charge on any atom is -0.464 e. The number of methoxy groups -OCH3 is 1. The van der Waals surface area contributed by atoms with E-state index in [1.807, 2.05) is 6.07 Å². The van der Waals surface area contributed by atoms with E-state index in [0.29, 0.717) is 11.3 Å². The summed E-state index contributed by atoms with van der Waals surface area (Å²) in [4.78, 5) is 19.1. The molecule has 0 atom stereocenters. The number of ether oxygens (including phenoxy) is 2. The van der Waals surface area contributed by atoms with Crippen molar-refractivity contribution in [3.8, 4) is 17.7 Å². The molecule has 6 nitrogen and oxygen atoms in total. The third kappa shape index (κ3) is 2.84. The van der Waals surface area contributed by atoms with E-state index in [2.05, 4.69) is 14.7 Å². The summed E-state index contributed by atoms with van der Waals surface area (Å²) in [6, 6.07) is 8.70. The van der Waals surface area contributed by atoms with Crippen LogP contribution in [0.2, 0.25) is 0 Å². The zero-order chi connectivity index (χ0) is 13.7. The van der Waals surface area contributed by atoms with Gasteiger partial charge in [-0.25, -0.2) is 9.78 Å². The van der Waals surface area contributed by atoms with Gasteiger partial charge in [-0.05, 0) is 12.1 Å². The zero-order valence-corrected chi connectivity index (χ0v) is 10.0. The molecule has 0 bridgehead atoms. The van der Waals surface area contributed by atoms with E-state index >= 15 is 0 Å². The van der Waals surface area contributed by atoms with Crippen LogP contribution >= 0.6 is 0 Å². The van der Waals surface area contributed by atoms with Crippen LogP contribution in [0.4, 0.5) is 0 Å². The van der Waals surface area contributed by atoms with Gasteiger partial charge in [0.25, 0.3) is 0 Å². The second kappa shape index (κ2) is 5.60. The molecule has 0 amide bonds. The fourth-order valence-corrected chi connectivity index (χ4v) is 1.36. The molecule has 1 aromatic carbocycles. The van der Waals surface area contributed by atoms with Gasteiger partial charge >= 0.3 is 5.97 Å². The van der Waals surface area contributed by atoms with Crippen molar-refractivity contribution in [2.24, 2.45) is 0 Å². The van der Waals surface area contributed by atoms with Crippen molar-refractivity contribution in [1.82, 2.24) is 9.97 Å². The first-order valence-corrected chi connectivity index (χ1v) is 5.32. The van der Waals surface area contributed by atoms with Gasteiger partial charge < -0.3 is 9.47 Å². The first-order valence-electron chi connectivity index (χ1n) is 5.32. The van der Waals surface area contributed by atoms with Crippen molar-refractivity contribution in [3.63, 3.8) is 0 Å². The summed E-state index contributed by atoms with van der Waals surface area (Å²) in [5.74, 6) is -0.140. The highest BCUT2D eigenvalue weighted by molar-refractivity contribution is 5.86. The minimum atomic E-state index is -0.605. The fourth-order valence-electron chi connectivity index (χ4n) is 1.36. The second-order valence-electron chi connectivity index (χ2n) is 3.44. The topological polar surface area (TPSA) is 85.1 Å². The highest BCUT2D eigenvalue weighted by atomic mass is 16.5. The Balaban J connectivity index is 2.29. The van der Waals surface area contributed by atoms with Crippen LogP contribution in [0, 0.1) is 11.3 Å². The van der Waals surface area contributed by atoms with Gasteiger partial charge in [0, 0.05) is 0 Å². The molecule has 0 aliphatic carbocycles. The zero-order valence-electron chi connectivity index (χ0n) is 10.0. The summed E-state index contributed by atoms with van der Waals surface area (Å²) in [5.41, 5.74) is 0.405. The molecule has 0 spiro atoms. The molecular formula is C13H9N3O3. The average molecular weight is 255 g/mol. The molecule has 0 fully saturated rings. The number of nitrogens with zero attached hydrogens (tertiary/aromatic N) is 3. The molecule has 0 saturated heterocycles. The third-order valence-electron chi connectivity index (χ3n) is 2.23. The Labute approximate surface area is 109 Å². The number of carbonyl (C=O) groups excluding carboxylic acids is 1. The lowest BCUT2D eigenvalue weighted by Gasteiger charge is -2.06. The molecule has 0 aliphatic heterocycles. The predicted octanol–water partition coefficient (Wildman–Crippen LogP) is 1.93. The van der Waals surface area contributed by atoms with Crippen LogP contribution < -0.4 is 4.74 Å². The lowest BCUT2D eigenvalue weighted by Crippen LogP contribution is -2.05. The van der Waals surface area contributed by atoms with E-state index in [9.17, 15) is 4.79 Å². The molecule has 1 aromatic heterocycles. The van der Waals surface area contributed by atoms with Gasteiger partial charge in [-0.2, -0.15) is 5.26 Å². The molecule has 0 unspecified atom stereocenters. The van der Waals surface area contributed by atoms with E-state index in [-0.39, 0.29) is 11.6 Å². The maximum atomic E-state index is 11.3. The maximum Gasteiger partial charge on any atom is 0.358 e. The van der Waals surface area contributed by atoms with E-state index in [0.717, 1.165) is 0 Å². The Kier molecular flexibility index (Phi) is 3.69. The number of rotatable bonds is 3. The molecule has 0 radical (unpaired) electrons. The van der Waals surface area contributed by atoms with Crippen LogP contribution in [0.3, 0.4) is 0 Å². The first-order chi connectivity index (χ1) is 9.24. The van der Waals surface area contributed by atoms with Gasteiger partial charge in [0.1, 0.15) is 11.8 Å². The van der Waals surface area contributed by atoms with Crippen molar-refractivity contribution < 1.29 is 14.3 Å². The molecule has 0 aliphatic rings. The average Bonchev–Trinajstić information content (AvgIpc) is 2.47. The molecule has 0 N–H and O–H groups in total. The van der Waals surface area contributed by atoms with Crippen molar-refractivity contribution in [2.75, 3.05) is 7.11 Å². The number of nitriles is 1. The number of para-hydroxylation sites is 1. The molecule has 2 rings (SSSR count). The van der Waals surface area contributed by atoms with Crippen molar-refractivity contribution in [3.05, 3.63) is 47.9 Å². The summed E-state index contributed by atoms with van der Waals surface area (Å²) in [5, 5.41) is 8.94. The van der Waals surface area contributed by atoms with E-state index in [1.54, 1.807) is 24.3 Å². The summed E-state index contributed by atoms with van der Waals surface area (Å²) < 4.78 is 9.97.